The van der Waals surface area contributed by atoms with Gasteiger partial charge in [-0.15, -0.1) is 0 Å². The molecule has 0 atom stereocenters. The van der Waals surface area contributed by atoms with Crippen LogP contribution in [0.2, 0.25) is 0 Å². The van der Waals surface area contributed by atoms with Crippen molar-refractivity contribution in [3.63, 3.8) is 0 Å². The lowest BCUT2D eigenvalue weighted by atomic mass is 10.1. The number of aliphatic hydroxyl groups is 1. The molecule has 0 fully saturated rings. The Bertz CT molecular complexity index is 665. The normalized spacial score (nSPS) is 10.1. The zero-order valence-electron chi connectivity index (χ0n) is 11.1. The van der Waals surface area contributed by atoms with Crippen molar-refractivity contribution >= 4 is 22.7 Å². The number of nitro groups is 1. The molecule has 0 bridgehead atoms. The molecule has 1 aromatic carbocycles. The van der Waals surface area contributed by atoms with Gasteiger partial charge in [0.1, 0.15) is 11.6 Å². The largest absolute Gasteiger partial charge is 0.395 e. The van der Waals surface area contributed by atoms with Gasteiger partial charge in [0.25, 0.3) is 5.69 Å². The van der Waals surface area contributed by atoms with E-state index in [2.05, 4.69) is 0 Å². The Balaban J connectivity index is 2.32. The molecule has 1 aromatic heterocycles. The lowest BCUT2D eigenvalue weighted by Gasteiger charge is -2.23. The number of nitrogens with zero attached hydrogens (tertiary/aromatic N) is 3. The van der Waals surface area contributed by atoms with E-state index in [9.17, 15) is 15.2 Å². The molecule has 0 spiro atoms. The number of nitro benzene ring substituents is 1. The number of hydrogen-bond acceptors (Lipinski definition) is 6. The average Bonchev–Trinajstić information content (AvgIpc) is 2.99. The molecule has 2 rings (SSSR count). The molecule has 0 aliphatic carbocycles. The summed E-state index contributed by atoms with van der Waals surface area (Å²) in [6.45, 7) is 0.925. The summed E-state index contributed by atoms with van der Waals surface area (Å²) in [7, 11) is 0. The summed E-state index contributed by atoms with van der Waals surface area (Å²) in [5.41, 5.74) is 1.58. The van der Waals surface area contributed by atoms with E-state index in [-0.39, 0.29) is 17.9 Å². The SMILES string of the molecule is N#Cc1cc(N(CCO)Cc2ccsc2)ccc1[N+](=O)[O-]. The van der Waals surface area contributed by atoms with Crippen LogP contribution in [0.3, 0.4) is 0 Å². The van der Waals surface area contributed by atoms with Crippen LogP contribution in [0, 0.1) is 21.4 Å². The minimum atomic E-state index is -0.572. The summed E-state index contributed by atoms with van der Waals surface area (Å²) in [5.74, 6) is 0. The van der Waals surface area contributed by atoms with Gasteiger partial charge in [0.15, 0.2) is 0 Å². The molecule has 7 heteroatoms. The van der Waals surface area contributed by atoms with Gasteiger partial charge >= 0.3 is 0 Å². The maximum atomic E-state index is 10.8. The van der Waals surface area contributed by atoms with E-state index in [1.165, 1.54) is 12.1 Å². The Kier molecular flexibility index (Phi) is 4.87. The van der Waals surface area contributed by atoms with Crippen molar-refractivity contribution in [1.29, 1.82) is 5.26 Å². The van der Waals surface area contributed by atoms with Crippen LogP contribution in [0.4, 0.5) is 11.4 Å². The van der Waals surface area contributed by atoms with Crippen molar-refractivity contribution in [2.45, 2.75) is 6.54 Å². The van der Waals surface area contributed by atoms with E-state index in [1.807, 2.05) is 27.8 Å². The van der Waals surface area contributed by atoms with E-state index in [1.54, 1.807) is 17.4 Å². The van der Waals surface area contributed by atoms with Crippen LogP contribution >= 0.6 is 11.3 Å². The molecule has 0 aliphatic rings. The number of nitriles is 1. The topological polar surface area (TPSA) is 90.4 Å². The minimum Gasteiger partial charge on any atom is -0.395 e. The lowest BCUT2D eigenvalue weighted by Crippen LogP contribution is -2.26. The van der Waals surface area contributed by atoms with E-state index in [0.29, 0.717) is 18.8 Å². The Labute approximate surface area is 125 Å². The van der Waals surface area contributed by atoms with Gasteiger partial charge in [-0.2, -0.15) is 16.6 Å². The highest BCUT2D eigenvalue weighted by atomic mass is 32.1. The van der Waals surface area contributed by atoms with Crippen molar-refractivity contribution < 1.29 is 10.0 Å². The Morgan fingerprint density at radius 1 is 1.43 bits per heavy atom. The summed E-state index contributed by atoms with van der Waals surface area (Å²) in [6, 6.07) is 8.23. The van der Waals surface area contributed by atoms with Gasteiger partial charge < -0.3 is 10.0 Å². The molecule has 0 radical (unpaired) electrons. The maximum absolute atomic E-state index is 10.8. The summed E-state index contributed by atoms with van der Waals surface area (Å²) < 4.78 is 0. The van der Waals surface area contributed by atoms with Crippen LogP contribution in [0.15, 0.2) is 35.0 Å². The third-order valence-electron chi connectivity index (χ3n) is 2.99. The van der Waals surface area contributed by atoms with Crippen molar-refractivity contribution in [2.24, 2.45) is 0 Å². The van der Waals surface area contributed by atoms with Gasteiger partial charge in [0.05, 0.1) is 11.5 Å². The molecule has 0 saturated carbocycles. The highest BCUT2D eigenvalue weighted by molar-refractivity contribution is 7.07. The number of benzene rings is 1. The zero-order valence-corrected chi connectivity index (χ0v) is 11.9. The van der Waals surface area contributed by atoms with Crippen LogP contribution in [-0.2, 0) is 6.54 Å². The third kappa shape index (κ3) is 3.56. The monoisotopic (exact) mass is 303 g/mol. The molecule has 0 saturated heterocycles. The lowest BCUT2D eigenvalue weighted by molar-refractivity contribution is -0.385. The van der Waals surface area contributed by atoms with Gasteiger partial charge in [-0.1, -0.05) is 0 Å². The second-order valence-electron chi connectivity index (χ2n) is 4.35. The van der Waals surface area contributed by atoms with Crippen molar-refractivity contribution in [2.75, 3.05) is 18.1 Å². The number of anilines is 1. The van der Waals surface area contributed by atoms with Gasteiger partial charge in [-0.05, 0) is 34.5 Å². The Morgan fingerprint density at radius 2 is 2.24 bits per heavy atom. The summed E-state index contributed by atoms with van der Waals surface area (Å²) in [4.78, 5) is 12.2. The number of aliphatic hydroxyl groups excluding tert-OH is 1. The predicted octanol–water partition coefficient (Wildman–Crippen LogP) is 2.53. The second-order valence-corrected chi connectivity index (χ2v) is 5.13. The molecular weight excluding hydrogens is 290 g/mol. The van der Waals surface area contributed by atoms with Gasteiger partial charge in [0, 0.05) is 24.8 Å². The molecular formula is C14H13N3O3S. The number of rotatable bonds is 6. The molecule has 21 heavy (non-hydrogen) atoms. The van der Waals surface area contributed by atoms with Crippen LogP contribution in [0.25, 0.3) is 0 Å². The molecule has 0 aliphatic heterocycles. The fraction of sp³-hybridized carbons (Fsp3) is 0.214. The minimum absolute atomic E-state index is 0.0192. The van der Waals surface area contributed by atoms with Crippen LogP contribution in [0.5, 0.6) is 0 Å². The molecule has 0 amide bonds. The maximum Gasteiger partial charge on any atom is 0.287 e. The highest BCUT2D eigenvalue weighted by Gasteiger charge is 2.16. The summed E-state index contributed by atoms with van der Waals surface area (Å²) >= 11 is 1.58. The first kappa shape index (κ1) is 15.0. The first-order valence-electron chi connectivity index (χ1n) is 6.21. The van der Waals surface area contributed by atoms with Gasteiger partial charge in [-0.3, -0.25) is 10.1 Å². The molecule has 6 nitrogen and oxygen atoms in total. The second kappa shape index (κ2) is 6.83. The highest BCUT2D eigenvalue weighted by Crippen LogP contribution is 2.25. The van der Waals surface area contributed by atoms with Crippen molar-refractivity contribution in [3.8, 4) is 6.07 Å². The van der Waals surface area contributed by atoms with E-state index < -0.39 is 4.92 Å². The van der Waals surface area contributed by atoms with Crippen LogP contribution in [0.1, 0.15) is 11.1 Å². The van der Waals surface area contributed by atoms with Gasteiger partial charge in [0.2, 0.25) is 0 Å². The molecule has 1 heterocycles. The smallest absolute Gasteiger partial charge is 0.287 e. The van der Waals surface area contributed by atoms with E-state index in [4.69, 9.17) is 5.26 Å². The molecule has 2 aromatic rings. The van der Waals surface area contributed by atoms with E-state index >= 15 is 0 Å². The third-order valence-corrected chi connectivity index (χ3v) is 3.72. The van der Waals surface area contributed by atoms with Gasteiger partial charge in [-0.25, -0.2) is 0 Å². The molecule has 108 valence electrons. The number of hydrogen-bond donors (Lipinski definition) is 1. The molecule has 1 N–H and O–H groups in total. The Morgan fingerprint density at radius 3 is 2.81 bits per heavy atom. The van der Waals surface area contributed by atoms with Crippen molar-refractivity contribution in [3.05, 3.63) is 56.3 Å². The fourth-order valence-corrected chi connectivity index (χ4v) is 2.65. The quantitative estimate of drug-likeness (QED) is 0.654. The summed E-state index contributed by atoms with van der Waals surface area (Å²) in [6.07, 6.45) is 0. The fourth-order valence-electron chi connectivity index (χ4n) is 1.99. The predicted molar refractivity (Wildman–Crippen MR) is 80.3 cm³/mol. The first-order chi connectivity index (χ1) is 10.2. The van der Waals surface area contributed by atoms with Crippen molar-refractivity contribution in [1.82, 2.24) is 0 Å². The molecule has 0 unspecified atom stereocenters. The Hall–Kier alpha value is -2.43. The summed E-state index contributed by atoms with van der Waals surface area (Å²) in [5, 5.41) is 33.0. The average molecular weight is 303 g/mol. The number of thiophene rings is 1. The van der Waals surface area contributed by atoms with Crippen LogP contribution < -0.4 is 4.90 Å². The zero-order chi connectivity index (χ0) is 15.2. The standard InChI is InChI=1S/C14H13N3O3S/c15-8-12-7-13(1-2-14(12)17(19)20)16(4-5-18)9-11-3-6-21-10-11/h1-3,6-7,10,18H,4-5,9H2. The first-order valence-corrected chi connectivity index (χ1v) is 7.15. The van der Waals surface area contributed by atoms with E-state index in [0.717, 1.165) is 5.56 Å². The van der Waals surface area contributed by atoms with Crippen LogP contribution in [-0.4, -0.2) is 23.2 Å².